The third-order valence-corrected chi connectivity index (χ3v) is 3.14. The van der Waals surface area contributed by atoms with E-state index >= 15 is 0 Å². The highest BCUT2D eigenvalue weighted by atomic mass is 35.5. The van der Waals surface area contributed by atoms with Gasteiger partial charge in [-0.1, -0.05) is 11.6 Å². The van der Waals surface area contributed by atoms with Gasteiger partial charge in [0.2, 0.25) is 5.91 Å². The molecule has 112 valence electrons. The number of urea groups is 1. The molecule has 0 bridgehead atoms. The van der Waals surface area contributed by atoms with Gasteiger partial charge < -0.3 is 15.7 Å². The van der Waals surface area contributed by atoms with Gasteiger partial charge in [-0.3, -0.25) is 9.69 Å². The number of carboxylic acids is 1. The number of carbonyl (C=O) groups excluding carboxylic acids is 2. The Hall–Kier alpha value is -2.35. The van der Waals surface area contributed by atoms with Crippen molar-refractivity contribution in [2.24, 2.45) is 0 Å². The molecule has 1 heterocycles. The highest BCUT2D eigenvalue weighted by Crippen LogP contribution is 2.19. The SMILES string of the molecule is O=C1CN(C(=O)Nc2ccc(Cl)cc2F)C(C(=O)O)CN1. The van der Waals surface area contributed by atoms with Gasteiger partial charge in [-0.25, -0.2) is 14.0 Å². The molecule has 1 aromatic carbocycles. The number of piperazine rings is 1. The van der Waals surface area contributed by atoms with E-state index in [0.29, 0.717) is 0 Å². The van der Waals surface area contributed by atoms with Crippen molar-refractivity contribution in [2.45, 2.75) is 6.04 Å². The maximum Gasteiger partial charge on any atom is 0.328 e. The molecular formula is C12H11ClFN3O4. The summed E-state index contributed by atoms with van der Waals surface area (Å²) in [5, 5.41) is 13.8. The van der Waals surface area contributed by atoms with Crippen molar-refractivity contribution in [3.63, 3.8) is 0 Å². The molecule has 3 amide bonds. The summed E-state index contributed by atoms with van der Waals surface area (Å²) in [6.07, 6.45) is 0. The fourth-order valence-electron chi connectivity index (χ4n) is 1.85. The summed E-state index contributed by atoms with van der Waals surface area (Å²) < 4.78 is 13.6. The predicted molar refractivity (Wildman–Crippen MR) is 71.6 cm³/mol. The topological polar surface area (TPSA) is 98.7 Å². The van der Waals surface area contributed by atoms with E-state index in [1.807, 2.05) is 0 Å². The minimum absolute atomic E-state index is 0.153. The number of aliphatic carboxylic acids is 1. The molecule has 1 aliphatic rings. The zero-order valence-electron chi connectivity index (χ0n) is 10.6. The minimum atomic E-state index is -1.26. The number of anilines is 1. The zero-order chi connectivity index (χ0) is 15.6. The number of carboxylic acid groups (broad SMARTS) is 1. The smallest absolute Gasteiger partial charge is 0.328 e. The van der Waals surface area contributed by atoms with Crippen LogP contribution >= 0.6 is 11.6 Å². The van der Waals surface area contributed by atoms with Crippen molar-refractivity contribution >= 4 is 35.2 Å². The van der Waals surface area contributed by atoms with Crippen LogP contribution in [-0.2, 0) is 9.59 Å². The minimum Gasteiger partial charge on any atom is -0.480 e. The van der Waals surface area contributed by atoms with Crippen LogP contribution in [0.1, 0.15) is 0 Å². The first-order chi connectivity index (χ1) is 9.88. The second-order valence-electron chi connectivity index (χ2n) is 4.34. The van der Waals surface area contributed by atoms with Crippen LogP contribution in [0.2, 0.25) is 5.02 Å². The number of carbonyl (C=O) groups is 3. The van der Waals surface area contributed by atoms with E-state index in [2.05, 4.69) is 10.6 Å². The zero-order valence-corrected chi connectivity index (χ0v) is 11.4. The van der Waals surface area contributed by atoms with Crippen molar-refractivity contribution in [2.75, 3.05) is 18.4 Å². The molecular weight excluding hydrogens is 305 g/mol. The molecule has 1 unspecified atom stereocenters. The standard InChI is InChI=1S/C12H11ClFN3O4/c13-6-1-2-8(7(14)3-6)16-12(21)17-5-10(18)15-4-9(17)11(19)20/h1-3,9H,4-5H2,(H,15,18)(H,16,21)(H,19,20). The summed E-state index contributed by atoms with van der Waals surface area (Å²) in [5.74, 6) is -2.51. The monoisotopic (exact) mass is 315 g/mol. The Morgan fingerprint density at radius 1 is 1.48 bits per heavy atom. The lowest BCUT2D eigenvalue weighted by atomic mass is 10.2. The van der Waals surface area contributed by atoms with Gasteiger partial charge in [-0.2, -0.15) is 0 Å². The molecule has 21 heavy (non-hydrogen) atoms. The fraction of sp³-hybridized carbons (Fsp3) is 0.250. The van der Waals surface area contributed by atoms with Crippen molar-refractivity contribution < 1.29 is 23.9 Å². The summed E-state index contributed by atoms with van der Waals surface area (Å²) in [4.78, 5) is 35.2. The van der Waals surface area contributed by atoms with E-state index in [1.54, 1.807) is 0 Å². The third kappa shape index (κ3) is 3.40. The first kappa shape index (κ1) is 15.0. The number of halogens is 2. The molecule has 2 rings (SSSR count). The Bertz CT molecular complexity index is 610. The maximum atomic E-state index is 13.6. The summed E-state index contributed by atoms with van der Waals surface area (Å²) >= 11 is 5.59. The molecule has 1 saturated heterocycles. The van der Waals surface area contributed by atoms with Crippen LogP contribution < -0.4 is 10.6 Å². The average Bonchev–Trinajstić information content (AvgIpc) is 2.41. The second kappa shape index (κ2) is 5.96. The Morgan fingerprint density at radius 2 is 2.19 bits per heavy atom. The van der Waals surface area contributed by atoms with E-state index in [1.165, 1.54) is 12.1 Å². The first-order valence-electron chi connectivity index (χ1n) is 5.90. The van der Waals surface area contributed by atoms with E-state index in [0.717, 1.165) is 11.0 Å². The van der Waals surface area contributed by atoms with Crippen LogP contribution in [-0.4, -0.2) is 47.0 Å². The predicted octanol–water partition coefficient (Wildman–Crippen LogP) is 0.896. The van der Waals surface area contributed by atoms with Gasteiger partial charge in [0.15, 0.2) is 0 Å². The molecule has 0 spiro atoms. The number of benzene rings is 1. The molecule has 0 radical (unpaired) electrons. The lowest BCUT2D eigenvalue weighted by Gasteiger charge is -2.32. The molecule has 0 aliphatic carbocycles. The summed E-state index contributed by atoms with van der Waals surface area (Å²) in [5.41, 5.74) is -0.153. The molecule has 0 saturated carbocycles. The largest absolute Gasteiger partial charge is 0.480 e. The number of rotatable bonds is 2. The molecule has 7 nitrogen and oxygen atoms in total. The highest BCUT2D eigenvalue weighted by Gasteiger charge is 2.35. The normalized spacial score (nSPS) is 18.1. The lowest BCUT2D eigenvalue weighted by Crippen LogP contribution is -2.60. The van der Waals surface area contributed by atoms with E-state index in [4.69, 9.17) is 16.7 Å². The van der Waals surface area contributed by atoms with Gasteiger partial charge in [0.05, 0.1) is 5.69 Å². The van der Waals surface area contributed by atoms with Crippen LogP contribution in [0.15, 0.2) is 18.2 Å². The summed E-state index contributed by atoms with van der Waals surface area (Å²) in [7, 11) is 0. The van der Waals surface area contributed by atoms with Crippen LogP contribution in [0, 0.1) is 5.82 Å². The van der Waals surface area contributed by atoms with Gasteiger partial charge in [0.25, 0.3) is 0 Å². The Kier molecular flexibility index (Phi) is 4.27. The molecule has 3 N–H and O–H groups in total. The van der Waals surface area contributed by atoms with E-state index in [9.17, 15) is 18.8 Å². The number of hydrogen-bond acceptors (Lipinski definition) is 3. The highest BCUT2D eigenvalue weighted by molar-refractivity contribution is 6.30. The number of hydrogen-bond donors (Lipinski definition) is 3. The Labute approximate surface area is 123 Å². The second-order valence-corrected chi connectivity index (χ2v) is 4.78. The first-order valence-corrected chi connectivity index (χ1v) is 6.28. The van der Waals surface area contributed by atoms with Gasteiger partial charge in [-0.05, 0) is 18.2 Å². The van der Waals surface area contributed by atoms with E-state index < -0.39 is 36.3 Å². The number of nitrogens with one attached hydrogen (secondary N) is 2. The van der Waals surface area contributed by atoms with Crippen LogP contribution in [0.25, 0.3) is 0 Å². The van der Waals surface area contributed by atoms with Gasteiger partial charge >= 0.3 is 12.0 Å². The van der Waals surface area contributed by atoms with Crippen molar-refractivity contribution in [1.29, 1.82) is 0 Å². The molecule has 1 atom stereocenters. The quantitative estimate of drug-likeness (QED) is 0.755. The summed E-state index contributed by atoms with van der Waals surface area (Å²) in [6, 6.07) is 1.54. The fourth-order valence-corrected chi connectivity index (χ4v) is 2.01. The van der Waals surface area contributed by atoms with Crippen molar-refractivity contribution in [3.05, 3.63) is 29.0 Å². The Morgan fingerprint density at radius 3 is 2.81 bits per heavy atom. The third-order valence-electron chi connectivity index (χ3n) is 2.90. The Balaban J connectivity index is 2.17. The number of amides is 3. The van der Waals surface area contributed by atoms with Crippen LogP contribution in [0.4, 0.5) is 14.9 Å². The molecule has 9 heteroatoms. The number of nitrogens with zero attached hydrogens (tertiary/aromatic N) is 1. The van der Waals surface area contributed by atoms with Crippen LogP contribution in [0.3, 0.4) is 0 Å². The average molecular weight is 316 g/mol. The summed E-state index contributed by atoms with van der Waals surface area (Å²) in [6.45, 7) is -0.622. The van der Waals surface area contributed by atoms with Crippen LogP contribution in [0.5, 0.6) is 0 Å². The molecule has 0 aromatic heterocycles. The van der Waals surface area contributed by atoms with Crippen molar-refractivity contribution in [3.8, 4) is 0 Å². The van der Waals surface area contributed by atoms with Gasteiger partial charge in [0.1, 0.15) is 18.4 Å². The lowest BCUT2D eigenvalue weighted by molar-refractivity contribution is -0.144. The van der Waals surface area contributed by atoms with Gasteiger partial charge in [0, 0.05) is 11.6 Å². The molecule has 1 aliphatic heterocycles. The van der Waals surface area contributed by atoms with Gasteiger partial charge in [-0.15, -0.1) is 0 Å². The molecule has 1 fully saturated rings. The van der Waals surface area contributed by atoms with E-state index in [-0.39, 0.29) is 17.3 Å². The van der Waals surface area contributed by atoms with Crippen molar-refractivity contribution in [1.82, 2.24) is 10.2 Å². The maximum absolute atomic E-state index is 13.6. The molecule has 1 aromatic rings.